The molecule has 0 aliphatic heterocycles. The Labute approximate surface area is 97.7 Å². The van der Waals surface area contributed by atoms with Crippen LogP contribution in [-0.4, -0.2) is 24.4 Å². The summed E-state index contributed by atoms with van der Waals surface area (Å²) in [4.78, 5) is 11.8. The monoisotopic (exact) mass is 255 g/mol. The van der Waals surface area contributed by atoms with Gasteiger partial charge in [0.05, 0.1) is 4.91 Å². The zero-order valence-electron chi connectivity index (χ0n) is 9.52. The van der Waals surface area contributed by atoms with Crippen LogP contribution in [0.3, 0.4) is 0 Å². The highest BCUT2D eigenvalue weighted by Gasteiger charge is 2.28. The van der Waals surface area contributed by atoms with Crippen LogP contribution in [0.5, 0.6) is 0 Å². The second-order valence-electron chi connectivity index (χ2n) is 3.51. The maximum absolute atomic E-state index is 11.9. The Balaban J connectivity index is 4.40. The highest BCUT2D eigenvalue weighted by Crippen LogP contribution is 2.19. The van der Waals surface area contributed by atoms with E-state index < -0.39 is 18.6 Å². The van der Waals surface area contributed by atoms with Crippen LogP contribution in [0.2, 0.25) is 0 Å². The number of allylic oxidation sites excluding steroid dienone is 1. The molecular weight excluding hydrogens is 239 g/mol. The Kier molecular flexibility index (Phi) is 6.55. The molecule has 16 heavy (non-hydrogen) atoms. The quantitative estimate of drug-likeness (QED) is 0.765. The van der Waals surface area contributed by atoms with Crippen molar-refractivity contribution in [2.24, 2.45) is 5.92 Å². The number of thioether (sulfide) groups is 1. The van der Waals surface area contributed by atoms with E-state index in [1.54, 1.807) is 6.08 Å². The molecule has 0 aliphatic rings. The van der Waals surface area contributed by atoms with E-state index in [1.165, 1.54) is 11.8 Å². The average molecular weight is 255 g/mol. The molecule has 6 heteroatoms. The summed E-state index contributed by atoms with van der Waals surface area (Å²) in [5, 5.41) is 1.86. The molecule has 2 nitrogen and oxygen atoms in total. The summed E-state index contributed by atoms with van der Waals surface area (Å²) in [7, 11) is 0. The van der Waals surface area contributed by atoms with Crippen LogP contribution in [0.4, 0.5) is 13.2 Å². The van der Waals surface area contributed by atoms with Crippen LogP contribution in [0, 0.1) is 5.92 Å². The fraction of sp³-hybridized carbons (Fsp3) is 0.700. The van der Waals surface area contributed by atoms with Gasteiger partial charge in [-0.3, -0.25) is 4.79 Å². The number of nitrogens with one attached hydrogen (secondary N) is 1. The molecule has 0 radical (unpaired) electrons. The first kappa shape index (κ1) is 15.3. The lowest BCUT2D eigenvalue weighted by molar-refractivity contribution is -0.135. The first-order chi connectivity index (χ1) is 7.26. The van der Waals surface area contributed by atoms with Crippen molar-refractivity contribution in [3.63, 3.8) is 0 Å². The van der Waals surface area contributed by atoms with Crippen molar-refractivity contribution in [2.45, 2.75) is 26.9 Å². The van der Waals surface area contributed by atoms with E-state index in [0.717, 1.165) is 0 Å². The fourth-order valence-corrected chi connectivity index (χ4v) is 1.80. The summed E-state index contributed by atoms with van der Waals surface area (Å²) in [6, 6.07) is 0. The van der Waals surface area contributed by atoms with Gasteiger partial charge in [-0.2, -0.15) is 13.2 Å². The van der Waals surface area contributed by atoms with Crippen molar-refractivity contribution >= 4 is 17.7 Å². The van der Waals surface area contributed by atoms with E-state index in [0.29, 0.717) is 10.7 Å². The summed E-state index contributed by atoms with van der Waals surface area (Å²) in [5.41, 5.74) is 0. The standard InChI is InChI=1S/C10H16F3NOS/c1-4-16-8(5-7(2)3)9(15)14-6-10(11,12)13/h5,7H,4,6H2,1-3H3,(H,14,15)/b8-5-. The number of carbonyl (C=O) groups is 1. The molecule has 0 aromatic carbocycles. The van der Waals surface area contributed by atoms with E-state index in [2.05, 4.69) is 0 Å². The van der Waals surface area contributed by atoms with Gasteiger partial charge in [-0.05, 0) is 11.7 Å². The molecule has 1 N–H and O–H groups in total. The predicted molar refractivity (Wildman–Crippen MR) is 60.1 cm³/mol. The lowest BCUT2D eigenvalue weighted by Crippen LogP contribution is -2.34. The fourth-order valence-electron chi connectivity index (χ4n) is 0.915. The van der Waals surface area contributed by atoms with Crippen molar-refractivity contribution in [1.82, 2.24) is 5.32 Å². The zero-order chi connectivity index (χ0) is 12.8. The number of hydrogen-bond donors (Lipinski definition) is 1. The average Bonchev–Trinajstić information content (AvgIpc) is 2.11. The third-order valence-corrected chi connectivity index (χ3v) is 2.38. The lowest BCUT2D eigenvalue weighted by Gasteiger charge is -2.10. The molecule has 0 bridgehead atoms. The van der Waals surface area contributed by atoms with Crippen molar-refractivity contribution in [2.75, 3.05) is 12.3 Å². The predicted octanol–water partition coefficient (Wildman–Crippen LogP) is 2.96. The van der Waals surface area contributed by atoms with Crippen LogP contribution in [0.25, 0.3) is 0 Å². The Morgan fingerprint density at radius 1 is 1.44 bits per heavy atom. The molecule has 0 unspecified atom stereocenters. The lowest BCUT2D eigenvalue weighted by atomic mass is 10.2. The van der Waals surface area contributed by atoms with Gasteiger partial charge in [0.2, 0.25) is 0 Å². The largest absolute Gasteiger partial charge is 0.405 e. The molecule has 0 heterocycles. The number of hydrogen-bond acceptors (Lipinski definition) is 2. The number of alkyl halides is 3. The normalized spacial score (nSPS) is 13.1. The molecule has 0 aromatic rings. The first-order valence-electron chi connectivity index (χ1n) is 4.95. The zero-order valence-corrected chi connectivity index (χ0v) is 10.3. The summed E-state index contributed by atoms with van der Waals surface area (Å²) in [6.45, 7) is 4.29. The van der Waals surface area contributed by atoms with E-state index in [9.17, 15) is 18.0 Å². The third kappa shape index (κ3) is 7.62. The minimum Gasteiger partial charge on any atom is -0.342 e. The summed E-state index contributed by atoms with van der Waals surface area (Å²) in [5.74, 6) is 0.126. The molecule has 0 atom stereocenters. The molecule has 0 fully saturated rings. The van der Waals surface area contributed by atoms with Gasteiger partial charge >= 0.3 is 6.18 Å². The van der Waals surface area contributed by atoms with E-state index >= 15 is 0 Å². The van der Waals surface area contributed by atoms with Gasteiger partial charge in [-0.25, -0.2) is 0 Å². The van der Waals surface area contributed by atoms with Crippen molar-refractivity contribution in [3.8, 4) is 0 Å². The molecule has 0 aliphatic carbocycles. The summed E-state index contributed by atoms with van der Waals surface area (Å²) >= 11 is 1.25. The molecule has 0 rings (SSSR count). The van der Waals surface area contributed by atoms with Gasteiger partial charge in [0.25, 0.3) is 5.91 Å². The van der Waals surface area contributed by atoms with Gasteiger partial charge in [0.15, 0.2) is 0 Å². The Bertz CT molecular complexity index is 261. The Morgan fingerprint density at radius 3 is 2.38 bits per heavy atom. The molecular formula is C10H16F3NOS. The first-order valence-corrected chi connectivity index (χ1v) is 5.94. The minimum absolute atomic E-state index is 0.130. The third-order valence-electron chi connectivity index (χ3n) is 1.46. The SMILES string of the molecule is CCS/C(=C\C(C)C)C(=O)NCC(F)(F)F. The Morgan fingerprint density at radius 2 is 2.00 bits per heavy atom. The topological polar surface area (TPSA) is 29.1 Å². The number of halogens is 3. The van der Waals surface area contributed by atoms with Crippen molar-refractivity contribution in [3.05, 3.63) is 11.0 Å². The van der Waals surface area contributed by atoms with Gasteiger partial charge in [0, 0.05) is 0 Å². The van der Waals surface area contributed by atoms with Gasteiger partial charge in [0.1, 0.15) is 6.54 Å². The molecule has 94 valence electrons. The molecule has 0 spiro atoms. The van der Waals surface area contributed by atoms with Crippen molar-refractivity contribution in [1.29, 1.82) is 0 Å². The Hall–Kier alpha value is -0.650. The van der Waals surface area contributed by atoms with Gasteiger partial charge in [-0.15, -0.1) is 11.8 Å². The second kappa shape index (κ2) is 6.83. The maximum Gasteiger partial charge on any atom is 0.405 e. The van der Waals surface area contributed by atoms with Crippen LogP contribution in [0.1, 0.15) is 20.8 Å². The number of amides is 1. The van der Waals surface area contributed by atoms with Gasteiger partial charge < -0.3 is 5.32 Å². The van der Waals surface area contributed by atoms with Crippen LogP contribution in [0.15, 0.2) is 11.0 Å². The maximum atomic E-state index is 11.9. The van der Waals surface area contributed by atoms with Crippen molar-refractivity contribution < 1.29 is 18.0 Å². The molecule has 0 aromatic heterocycles. The number of rotatable bonds is 5. The van der Waals surface area contributed by atoms with Gasteiger partial charge in [-0.1, -0.05) is 26.8 Å². The smallest absolute Gasteiger partial charge is 0.342 e. The van der Waals surface area contributed by atoms with Crippen LogP contribution < -0.4 is 5.32 Å². The second-order valence-corrected chi connectivity index (χ2v) is 4.81. The number of carbonyl (C=O) groups excluding carboxylic acids is 1. The molecule has 0 saturated heterocycles. The highest BCUT2D eigenvalue weighted by molar-refractivity contribution is 8.03. The molecule has 1 amide bonds. The summed E-state index contributed by atoms with van der Waals surface area (Å²) < 4.78 is 35.7. The van der Waals surface area contributed by atoms with E-state index in [4.69, 9.17) is 0 Å². The van der Waals surface area contributed by atoms with E-state index in [-0.39, 0.29) is 5.92 Å². The molecule has 0 saturated carbocycles. The van der Waals surface area contributed by atoms with Crippen LogP contribution >= 0.6 is 11.8 Å². The van der Waals surface area contributed by atoms with E-state index in [1.807, 2.05) is 26.1 Å². The summed E-state index contributed by atoms with van der Waals surface area (Å²) in [6.07, 6.45) is -2.70. The minimum atomic E-state index is -4.37. The highest BCUT2D eigenvalue weighted by atomic mass is 32.2. The van der Waals surface area contributed by atoms with Crippen LogP contribution in [-0.2, 0) is 4.79 Å².